The maximum atomic E-state index is 5.28. The summed E-state index contributed by atoms with van der Waals surface area (Å²) in [4.78, 5) is 10.9. The van der Waals surface area contributed by atoms with Crippen LogP contribution in [0.5, 0.6) is 5.75 Å². The summed E-state index contributed by atoms with van der Waals surface area (Å²) in [6, 6.07) is 9.96. The van der Waals surface area contributed by atoms with Crippen LogP contribution >= 0.6 is 0 Å². The van der Waals surface area contributed by atoms with Gasteiger partial charge < -0.3 is 9.64 Å². The molecule has 4 rings (SSSR count). The van der Waals surface area contributed by atoms with Gasteiger partial charge in [0.15, 0.2) is 0 Å². The highest BCUT2D eigenvalue weighted by atomic mass is 16.5. The molecule has 0 atom stereocenters. The maximum absolute atomic E-state index is 5.28. The van der Waals surface area contributed by atoms with E-state index in [1.165, 1.54) is 12.8 Å². The lowest BCUT2D eigenvalue weighted by Gasteiger charge is -2.17. The molecule has 0 aliphatic heterocycles. The number of rotatable bonds is 6. The number of hydrogen-bond acceptors (Lipinski definition) is 5. The number of methoxy groups -OCH3 is 1. The average molecular weight is 335 g/mol. The van der Waals surface area contributed by atoms with Crippen LogP contribution in [0.3, 0.4) is 0 Å². The smallest absolute Gasteiger partial charge is 0.132 e. The Bertz CT molecular complexity index is 872. The van der Waals surface area contributed by atoms with Crippen LogP contribution in [0.4, 0.5) is 5.82 Å². The molecule has 25 heavy (non-hydrogen) atoms. The summed E-state index contributed by atoms with van der Waals surface area (Å²) >= 11 is 0. The van der Waals surface area contributed by atoms with Crippen LogP contribution in [0, 0.1) is 0 Å². The summed E-state index contributed by atoms with van der Waals surface area (Å²) < 4.78 is 7.14. The molecule has 1 aliphatic carbocycles. The Balaban J connectivity index is 1.49. The monoisotopic (exact) mass is 335 g/mol. The minimum absolute atomic E-state index is 0.631. The first kappa shape index (κ1) is 15.6. The zero-order valence-corrected chi connectivity index (χ0v) is 14.5. The normalized spacial score (nSPS) is 13.7. The van der Waals surface area contributed by atoms with Gasteiger partial charge in [0.2, 0.25) is 0 Å². The van der Waals surface area contributed by atoms with Gasteiger partial charge in [-0.3, -0.25) is 0 Å². The predicted molar refractivity (Wildman–Crippen MR) is 96.2 cm³/mol. The summed E-state index contributed by atoms with van der Waals surface area (Å²) in [6.07, 6.45) is 8.08. The van der Waals surface area contributed by atoms with Crippen LogP contribution in [0.2, 0.25) is 0 Å². The number of aromatic nitrogens is 4. The minimum Gasteiger partial charge on any atom is -0.497 e. The van der Waals surface area contributed by atoms with Crippen LogP contribution < -0.4 is 9.64 Å². The molecule has 0 unspecified atom stereocenters. The largest absolute Gasteiger partial charge is 0.497 e. The number of hydrogen-bond donors (Lipinski definition) is 0. The molecule has 1 fully saturated rings. The van der Waals surface area contributed by atoms with Crippen LogP contribution in [0.1, 0.15) is 30.0 Å². The van der Waals surface area contributed by atoms with Crippen molar-refractivity contribution in [3.63, 3.8) is 0 Å². The second-order valence-electron chi connectivity index (χ2n) is 6.43. The van der Waals surface area contributed by atoms with Gasteiger partial charge in [-0.25, -0.2) is 14.6 Å². The van der Waals surface area contributed by atoms with E-state index < -0.39 is 0 Å². The molecule has 0 radical (unpaired) electrons. The standard InChI is InChI=1S/C19H21N5O/c1-23(19-9-18(15-6-7-15)20-13-21-19)11-14-10-22-24(12-14)16-4-3-5-17(8-16)25-2/h3-5,8-10,12-13,15H,6-7,11H2,1-2H3. The van der Waals surface area contributed by atoms with Crippen LogP contribution in [-0.4, -0.2) is 33.9 Å². The minimum atomic E-state index is 0.631. The Morgan fingerprint density at radius 2 is 2.12 bits per heavy atom. The lowest BCUT2D eigenvalue weighted by Crippen LogP contribution is -2.17. The van der Waals surface area contributed by atoms with Crippen molar-refractivity contribution in [2.45, 2.75) is 25.3 Å². The fourth-order valence-electron chi connectivity index (χ4n) is 2.86. The van der Waals surface area contributed by atoms with Crippen LogP contribution in [0.15, 0.2) is 49.1 Å². The van der Waals surface area contributed by atoms with Crippen molar-refractivity contribution in [3.8, 4) is 11.4 Å². The van der Waals surface area contributed by atoms with Crippen molar-refractivity contribution < 1.29 is 4.74 Å². The van der Waals surface area contributed by atoms with E-state index >= 15 is 0 Å². The highest BCUT2D eigenvalue weighted by Gasteiger charge is 2.25. The van der Waals surface area contributed by atoms with E-state index in [-0.39, 0.29) is 0 Å². The number of ether oxygens (including phenoxy) is 1. The van der Waals surface area contributed by atoms with E-state index in [2.05, 4.69) is 26.0 Å². The topological polar surface area (TPSA) is 56.1 Å². The zero-order valence-electron chi connectivity index (χ0n) is 14.5. The van der Waals surface area contributed by atoms with Crippen LogP contribution in [0.25, 0.3) is 5.69 Å². The molecule has 0 N–H and O–H groups in total. The van der Waals surface area contributed by atoms with Crippen molar-refractivity contribution in [2.24, 2.45) is 0 Å². The highest BCUT2D eigenvalue weighted by molar-refractivity contribution is 5.41. The lowest BCUT2D eigenvalue weighted by atomic mass is 10.2. The SMILES string of the molecule is COc1cccc(-n2cc(CN(C)c3cc(C4CC4)ncn3)cn2)c1. The van der Waals surface area contributed by atoms with Crippen molar-refractivity contribution in [1.82, 2.24) is 19.7 Å². The maximum Gasteiger partial charge on any atom is 0.132 e. The third kappa shape index (κ3) is 3.47. The van der Waals surface area contributed by atoms with E-state index in [1.54, 1.807) is 13.4 Å². The summed E-state index contributed by atoms with van der Waals surface area (Å²) in [5.41, 5.74) is 3.26. The van der Waals surface area contributed by atoms with Gasteiger partial charge >= 0.3 is 0 Å². The summed E-state index contributed by atoms with van der Waals surface area (Å²) in [5, 5.41) is 4.47. The van der Waals surface area contributed by atoms with Gasteiger partial charge in [-0.15, -0.1) is 0 Å². The van der Waals surface area contributed by atoms with Crippen molar-refractivity contribution in [1.29, 1.82) is 0 Å². The van der Waals surface area contributed by atoms with E-state index in [4.69, 9.17) is 4.74 Å². The van der Waals surface area contributed by atoms with E-state index in [9.17, 15) is 0 Å². The van der Waals surface area contributed by atoms with E-state index in [0.717, 1.165) is 35.1 Å². The summed E-state index contributed by atoms with van der Waals surface area (Å²) in [5.74, 6) is 2.40. The van der Waals surface area contributed by atoms with Gasteiger partial charge in [0.25, 0.3) is 0 Å². The van der Waals surface area contributed by atoms with Gasteiger partial charge in [0.05, 0.1) is 19.0 Å². The number of benzene rings is 1. The third-order valence-electron chi connectivity index (χ3n) is 4.43. The zero-order chi connectivity index (χ0) is 17.2. The van der Waals surface area contributed by atoms with Crippen molar-refractivity contribution in [2.75, 3.05) is 19.1 Å². The quantitative estimate of drug-likeness (QED) is 0.692. The fourth-order valence-corrected chi connectivity index (χ4v) is 2.86. The van der Waals surface area contributed by atoms with Gasteiger partial charge in [0, 0.05) is 49.1 Å². The third-order valence-corrected chi connectivity index (χ3v) is 4.43. The van der Waals surface area contributed by atoms with E-state index in [1.807, 2.05) is 48.4 Å². The van der Waals surface area contributed by atoms with Gasteiger partial charge in [-0.05, 0) is 25.0 Å². The first-order valence-electron chi connectivity index (χ1n) is 8.44. The molecule has 0 saturated heterocycles. The van der Waals surface area contributed by atoms with Gasteiger partial charge in [-0.2, -0.15) is 5.10 Å². The molecule has 1 saturated carbocycles. The van der Waals surface area contributed by atoms with Crippen LogP contribution in [-0.2, 0) is 6.54 Å². The molecule has 6 heteroatoms. The molecule has 6 nitrogen and oxygen atoms in total. The van der Waals surface area contributed by atoms with Gasteiger partial charge in [0.1, 0.15) is 17.9 Å². The lowest BCUT2D eigenvalue weighted by molar-refractivity contribution is 0.414. The molecule has 3 aromatic rings. The molecule has 128 valence electrons. The summed E-state index contributed by atoms with van der Waals surface area (Å²) in [7, 11) is 3.71. The van der Waals surface area contributed by atoms with Gasteiger partial charge in [-0.1, -0.05) is 6.07 Å². The summed E-state index contributed by atoms with van der Waals surface area (Å²) in [6.45, 7) is 0.741. The average Bonchev–Trinajstić information content (AvgIpc) is 3.41. The van der Waals surface area contributed by atoms with E-state index in [0.29, 0.717) is 5.92 Å². The molecule has 1 aromatic carbocycles. The Morgan fingerprint density at radius 1 is 1.24 bits per heavy atom. The second kappa shape index (κ2) is 6.55. The number of nitrogens with zero attached hydrogens (tertiary/aromatic N) is 5. The van der Waals surface area contributed by atoms with Crippen molar-refractivity contribution in [3.05, 3.63) is 60.3 Å². The number of anilines is 1. The first-order chi connectivity index (χ1) is 12.2. The molecule has 0 amide bonds. The second-order valence-corrected chi connectivity index (χ2v) is 6.43. The molecular formula is C19H21N5O. The Morgan fingerprint density at radius 3 is 2.92 bits per heavy atom. The molecular weight excluding hydrogens is 314 g/mol. The highest BCUT2D eigenvalue weighted by Crippen LogP contribution is 2.39. The Labute approximate surface area is 147 Å². The molecule has 2 aromatic heterocycles. The molecule has 0 bridgehead atoms. The Hall–Kier alpha value is -2.89. The molecule has 2 heterocycles. The van der Waals surface area contributed by atoms with Crippen molar-refractivity contribution >= 4 is 5.82 Å². The molecule has 1 aliphatic rings. The fraction of sp³-hybridized carbons (Fsp3) is 0.316. The predicted octanol–water partition coefficient (Wildman–Crippen LogP) is 3.18. The molecule has 0 spiro atoms. The first-order valence-corrected chi connectivity index (χ1v) is 8.44. The Kier molecular flexibility index (Phi) is 4.09.